The Morgan fingerprint density at radius 1 is 0.909 bits per heavy atom. The lowest BCUT2D eigenvalue weighted by Crippen LogP contribution is -2.43. The Balaban J connectivity index is 1.39. The number of nitrogens with one attached hydrogen (secondary N) is 1. The average Bonchev–Trinajstić information content (AvgIpc) is 2.83. The normalized spacial score (nSPS) is 15.1. The first-order valence-corrected chi connectivity index (χ1v) is 11.4. The lowest BCUT2D eigenvalue weighted by Gasteiger charge is -2.32. The molecule has 8 heteroatoms. The van der Waals surface area contributed by atoms with Crippen molar-refractivity contribution in [2.24, 2.45) is 0 Å². The van der Waals surface area contributed by atoms with E-state index in [1.54, 1.807) is 31.2 Å². The van der Waals surface area contributed by atoms with Gasteiger partial charge in [-0.3, -0.25) is 23.6 Å². The van der Waals surface area contributed by atoms with Crippen molar-refractivity contribution in [3.63, 3.8) is 0 Å². The van der Waals surface area contributed by atoms with E-state index in [1.165, 1.54) is 10.1 Å². The standard InChI is InChI=1S/C25H31N5O3/c1-3-29-24(32)21-6-4-5-7-22(21)30(25(29)33)18-23(31)26-16-19-8-10-20(11-9-19)17-28-14-12-27(2)13-15-28/h4-11H,3,12-18H2,1-2H3,(H,26,31). The van der Waals surface area contributed by atoms with E-state index in [-0.39, 0.29) is 24.6 Å². The maximum Gasteiger partial charge on any atom is 0.331 e. The highest BCUT2D eigenvalue weighted by Gasteiger charge is 2.15. The van der Waals surface area contributed by atoms with Gasteiger partial charge in [0.1, 0.15) is 6.54 Å². The molecule has 2 aromatic carbocycles. The second-order valence-electron chi connectivity index (χ2n) is 8.61. The fourth-order valence-corrected chi connectivity index (χ4v) is 4.23. The summed E-state index contributed by atoms with van der Waals surface area (Å²) in [6.45, 7) is 7.52. The second-order valence-corrected chi connectivity index (χ2v) is 8.61. The SMILES string of the molecule is CCn1c(=O)c2ccccc2n(CC(=O)NCc2ccc(CN3CCN(C)CC3)cc2)c1=O. The number of fused-ring (bicyclic) bond motifs is 1. The molecule has 1 aliphatic rings. The van der Waals surface area contributed by atoms with E-state index < -0.39 is 5.69 Å². The molecule has 1 N–H and O–H groups in total. The van der Waals surface area contributed by atoms with E-state index in [0.29, 0.717) is 17.4 Å². The minimum atomic E-state index is -0.468. The molecule has 0 saturated carbocycles. The zero-order chi connectivity index (χ0) is 23.4. The van der Waals surface area contributed by atoms with Crippen LogP contribution in [0.15, 0.2) is 58.1 Å². The summed E-state index contributed by atoms with van der Waals surface area (Å²) in [7, 11) is 2.15. The highest BCUT2D eigenvalue weighted by atomic mass is 16.2. The molecule has 0 spiro atoms. The summed E-state index contributed by atoms with van der Waals surface area (Å²) in [6, 6.07) is 15.2. The molecule has 0 aliphatic carbocycles. The maximum absolute atomic E-state index is 12.8. The van der Waals surface area contributed by atoms with Crippen molar-refractivity contribution >= 4 is 16.8 Å². The van der Waals surface area contributed by atoms with Crippen molar-refractivity contribution in [3.05, 3.63) is 80.5 Å². The molecule has 0 unspecified atom stereocenters. The molecule has 1 amide bonds. The van der Waals surface area contributed by atoms with Crippen molar-refractivity contribution in [1.82, 2.24) is 24.3 Å². The number of aromatic nitrogens is 2. The van der Waals surface area contributed by atoms with Crippen LogP contribution in [0.4, 0.5) is 0 Å². The van der Waals surface area contributed by atoms with Gasteiger partial charge in [0.2, 0.25) is 5.91 Å². The molecule has 0 atom stereocenters. The first-order valence-electron chi connectivity index (χ1n) is 11.4. The molecular weight excluding hydrogens is 418 g/mol. The molecule has 174 valence electrons. The molecule has 0 radical (unpaired) electrons. The molecular formula is C25H31N5O3. The van der Waals surface area contributed by atoms with Crippen molar-refractivity contribution in [2.45, 2.75) is 33.1 Å². The summed E-state index contributed by atoms with van der Waals surface area (Å²) >= 11 is 0. The smallest absolute Gasteiger partial charge is 0.331 e. The maximum atomic E-state index is 12.8. The highest BCUT2D eigenvalue weighted by molar-refractivity contribution is 5.81. The number of rotatable bonds is 7. The van der Waals surface area contributed by atoms with Crippen molar-refractivity contribution < 1.29 is 4.79 Å². The Morgan fingerprint density at radius 2 is 1.58 bits per heavy atom. The number of hydrogen-bond acceptors (Lipinski definition) is 5. The van der Waals surface area contributed by atoms with Gasteiger partial charge < -0.3 is 10.2 Å². The molecule has 1 aliphatic heterocycles. The molecule has 33 heavy (non-hydrogen) atoms. The molecule has 4 rings (SSSR count). The number of hydrogen-bond donors (Lipinski definition) is 1. The summed E-state index contributed by atoms with van der Waals surface area (Å²) in [5.41, 5.74) is 1.94. The van der Waals surface area contributed by atoms with Gasteiger partial charge in [-0.05, 0) is 37.2 Å². The fourth-order valence-electron chi connectivity index (χ4n) is 4.23. The number of amides is 1. The van der Waals surface area contributed by atoms with Gasteiger partial charge in [0, 0.05) is 45.8 Å². The lowest BCUT2D eigenvalue weighted by atomic mass is 10.1. The van der Waals surface area contributed by atoms with Crippen LogP contribution in [0.5, 0.6) is 0 Å². The first kappa shape index (κ1) is 22.9. The van der Waals surface area contributed by atoms with Gasteiger partial charge in [0.25, 0.3) is 5.56 Å². The predicted octanol–water partition coefficient (Wildman–Crippen LogP) is 1.25. The van der Waals surface area contributed by atoms with Crippen LogP contribution < -0.4 is 16.6 Å². The third-order valence-corrected chi connectivity index (χ3v) is 6.26. The first-order chi connectivity index (χ1) is 16.0. The third-order valence-electron chi connectivity index (χ3n) is 6.26. The summed E-state index contributed by atoms with van der Waals surface area (Å²) in [6.07, 6.45) is 0. The van der Waals surface area contributed by atoms with Crippen LogP contribution in [-0.4, -0.2) is 58.1 Å². The van der Waals surface area contributed by atoms with Crippen LogP contribution in [0.25, 0.3) is 10.9 Å². The van der Waals surface area contributed by atoms with Gasteiger partial charge in [-0.15, -0.1) is 0 Å². The van der Waals surface area contributed by atoms with Gasteiger partial charge in [0.15, 0.2) is 0 Å². The summed E-state index contributed by atoms with van der Waals surface area (Å²) in [4.78, 5) is 42.8. The van der Waals surface area contributed by atoms with E-state index in [2.05, 4.69) is 34.3 Å². The van der Waals surface area contributed by atoms with Crippen LogP contribution in [0.3, 0.4) is 0 Å². The van der Waals surface area contributed by atoms with Crippen LogP contribution in [0.1, 0.15) is 18.1 Å². The molecule has 1 aromatic heterocycles. The van der Waals surface area contributed by atoms with Crippen LogP contribution in [0, 0.1) is 0 Å². The molecule has 2 heterocycles. The average molecular weight is 450 g/mol. The highest BCUT2D eigenvalue weighted by Crippen LogP contribution is 2.10. The Hall–Kier alpha value is -3.23. The van der Waals surface area contributed by atoms with E-state index in [9.17, 15) is 14.4 Å². The second kappa shape index (κ2) is 10.1. The van der Waals surface area contributed by atoms with Gasteiger partial charge in [-0.2, -0.15) is 0 Å². The molecule has 0 bridgehead atoms. The number of para-hydroxylation sites is 1. The number of piperazine rings is 1. The number of likely N-dealkylation sites (N-methyl/N-ethyl adjacent to an activating group) is 1. The summed E-state index contributed by atoms with van der Waals surface area (Å²) < 4.78 is 2.53. The number of carbonyl (C=O) groups is 1. The Kier molecular flexibility index (Phi) is 7.05. The minimum absolute atomic E-state index is 0.138. The van der Waals surface area contributed by atoms with Crippen molar-refractivity contribution in [2.75, 3.05) is 33.2 Å². The summed E-state index contributed by atoms with van der Waals surface area (Å²) in [5, 5.41) is 3.33. The summed E-state index contributed by atoms with van der Waals surface area (Å²) in [5.74, 6) is -0.273. The molecule has 3 aromatic rings. The zero-order valence-electron chi connectivity index (χ0n) is 19.3. The molecule has 1 fully saturated rings. The van der Waals surface area contributed by atoms with Crippen molar-refractivity contribution in [3.8, 4) is 0 Å². The third kappa shape index (κ3) is 5.23. The fraction of sp³-hybridized carbons (Fsp3) is 0.400. The number of benzene rings is 2. The predicted molar refractivity (Wildman–Crippen MR) is 129 cm³/mol. The quantitative estimate of drug-likeness (QED) is 0.587. The Bertz CT molecular complexity index is 1240. The monoisotopic (exact) mass is 449 g/mol. The van der Waals surface area contributed by atoms with Gasteiger partial charge >= 0.3 is 5.69 Å². The topological polar surface area (TPSA) is 79.6 Å². The number of nitrogens with zero attached hydrogens (tertiary/aromatic N) is 4. The van der Waals surface area contributed by atoms with Crippen molar-refractivity contribution in [1.29, 1.82) is 0 Å². The van der Waals surface area contributed by atoms with Gasteiger partial charge in [0.05, 0.1) is 10.9 Å². The van der Waals surface area contributed by atoms with E-state index in [1.807, 2.05) is 12.1 Å². The molecule has 1 saturated heterocycles. The Labute approximate surface area is 193 Å². The van der Waals surface area contributed by atoms with E-state index in [4.69, 9.17) is 0 Å². The van der Waals surface area contributed by atoms with E-state index in [0.717, 1.165) is 42.9 Å². The minimum Gasteiger partial charge on any atom is -0.350 e. The molecule has 8 nitrogen and oxygen atoms in total. The van der Waals surface area contributed by atoms with Gasteiger partial charge in [-0.1, -0.05) is 36.4 Å². The lowest BCUT2D eigenvalue weighted by molar-refractivity contribution is -0.121. The van der Waals surface area contributed by atoms with Crippen LogP contribution in [0.2, 0.25) is 0 Å². The van der Waals surface area contributed by atoms with Gasteiger partial charge in [-0.25, -0.2) is 4.79 Å². The van der Waals surface area contributed by atoms with Crippen LogP contribution in [-0.2, 0) is 31.0 Å². The van der Waals surface area contributed by atoms with E-state index >= 15 is 0 Å². The number of carbonyl (C=O) groups excluding carboxylic acids is 1. The zero-order valence-corrected chi connectivity index (χ0v) is 19.3. The van der Waals surface area contributed by atoms with Crippen LogP contribution >= 0.6 is 0 Å². The Morgan fingerprint density at radius 3 is 2.27 bits per heavy atom. The largest absolute Gasteiger partial charge is 0.350 e.